The van der Waals surface area contributed by atoms with Gasteiger partial charge in [-0.2, -0.15) is 0 Å². The van der Waals surface area contributed by atoms with E-state index in [1.165, 1.54) is 4.90 Å². The lowest BCUT2D eigenvalue weighted by Crippen LogP contribution is -2.81. The molecular formula is C24H29NO8. The number of Topliss-reactive ketones (excluding diaryl/α,β-unsaturated/α-hetero) is 1. The number of rotatable bonds is 1. The number of hydrogen-bond acceptors (Lipinski definition) is 8. The van der Waals surface area contributed by atoms with Crippen LogP contribution in [0, 0.1) is 0 Å². The number of nitrogens with zero attached hydrogens (tertiary/aromatic N) is 1. The van der Waals surface area contributed by atoms with Gasteiger partial charge in [0.05, 0.1) is 25.7 Å². The number of fused-ring (bicyclic) bond motifs is 1. The molecule has 178 valence electrons. The summed E-state index contributed by atoms with van der Waals surface area (Å²) in [5.74, 6) is -0.386. The van der Waals surface area contributed by atoms with Crippen LogP contribution in [0.2, 0.25) is 0 Å². The second kappa shape index (κ2) is 6.40. The summed E-state index contributed by atoms with van der Waals surface area (Å²) >= 11 is 0. The topological polar surface area (TPSA) is 104 Å². The summed E-state index contributed by atoms with van der Waals surface area (Å²) < 4.78 is 29.9. The zero-order chi connectivity index (χ0) is 23.4. The summed E-state index contributed by atoms with van der Waals surface area (Å²) in [5, 5.41) is 12.4. The molecule has 3 heterocycles. The molecule has 2 aliphatic carbocycles. The minimum atomic E-state index is -1.56. The predicted octanol–water partition coefficient (Wildman–Crippen LogP) is 2.17. The van der Waals surface area contributed by atoms with Gasteiger partial charge in [0.1, 0.15) is 17.2 Å². The highest BCUT2D eigenvalue weighted by Gasteiger charge is 2.79. The molecule has 9 heteroatoms. The Bertz CT molecular complexity index is 1060. The average Bonchev–Trinajstić information content (AvgIpc) is 3.35. The predicted molar refractivity (Wildman–Crippen MR) is 114 cm³/mol. The molecule has 1 aromatic rings. The molecule has 0 unspecified atom stereocenters. The third kappa shape index (κ3) is 2.42. The maximum atomic E-state index is 13.9. The van der Waals surface area contributed by atoms with Crippen molar-refractivity contribution in [2.75, 3.05) is 26.9 Å². The molecule has 2 spiro atoms. The Labute approximate surface area is 191 Å². The van der Waals surface area contributed by atoms with Gasteiger partial charge in [-0.1, -0.05) is 0 Å². The average molecular weight is 459 g/mol. The van der Waals surface area contributed by atoms with E-state index in [1.54, 1.807) is 40.0 Å². The van der Waals surface area contributed by atoms with E-state index >= 15 is 0 Å². The van der Waals surface area contributed by atoms with Crippen LogP contribution in [0.3, 0.4) is 0 Å². The number of piperidine rings is 1. The second-order valence-electron chi connectivity index (χ2n) is 10.6. The minimum Gasteiger partial charge on any atom is -0.493 e. The summed E-state index contributed by atoms with van der Waals surface area (Å²) in [6.07, 6.45) is -0.344. The number of likely N-dealkylation sites (tertiary alicyclic amines) is 1. The van der Waals surface area contributed by atoms with Crippen LogP contribution in [0.5, 0.6) is 11.5 Å². The van der Waals surface area contributed by atoms with E-state index in [9.17, 15) is 14.7 Å². The van der Waals surface area contributed by atoms with Crippen molar-refractivity contribution in [3.63, 3.8) is 0 Å². The summed E-state index contributed by atoms with van der Waals surface area (Å²) in [6, 6.07) is 2.31. The molecule has 33 heavy (non-hydrogen) atoms. The number of aliphatic hydroxyl groups is 1. The number of amides is 1. The molecule has 1 amide bonds. The molecule has 0 radical (unpaired) electrons. The van der Waals surface area contributed by atoms with Gasteiger partial charge in [0.25, 0.3) is 0 Å². The molecule has 5 aliphatic rings. The number of ketones is 1. The fraction of sp³-hybridized carbons (Fsp3) is 0.667. The quantitative estimate of drug-likeness (QED) is 0.682. The van der Waals surface area contributed by atoms with Crippen LogP contribution in [0.1, 0.15) is 56.0 Å². The van der Waals surface area contributed by atoms with E-state index in [-0.39, 0.29) is 18.7 Å². The van der Waals surface area contributed by atoms with Gasteiger partial charge in [-0.3, -0.25) is 9.69 Å². The summed E-state index contributed by atoms with van der Waals surface area (Å²) in [5.41, 5.74) is -2.18. The maximum Gasteiger partial charge on any atom is 0.411 e. The number of hydrogen-bond donors (Lipinski definition) is 1. The highest BCUT2D eigenvalue weighted by molar-refractivity contribution is 6.07. The first-order valence-corrected chi connectivity index (χ1v) is 11.5. The van der Waals surface area contributed by atoms with Crippen LogP contribution < -0.4 is 9.47 Å². The van der Waals surface area contributed by atoms with Crippen molar-refractivity contribution in [2.45, 2.75) is 74.6 Å². The monoisotopic (exact) mass is 459 g/mol. The number of ether oxygens (including phenoxy) is 5. The zero-order valence-electron chi connectivity index (χ0n) is 19.3. The molecule has 1 aromatic carbocycles. The fourth-order valence-electron chi connectivity index (χ4n) is 6.79. The Morgan fingerprint density at radius 3 is 2.58 bits per heavy atom. The van der Waals surface area contributed by atoms with Crippen LogP contribution in [-0.4, -0.2) is 77.9 Å². The second-order valence-corrected chi connectivity index (χ2v) is 10.6. The van der Waals surface area contributed by atoms with Gasteiger partial charge in [0, 0.05) is 24.1 Å². The van der Waals surface area contributed by atoms with Crippen LogP contribution in [0.25, 0.3) is 0 Å². The van der Waals surface area contributed by atoms with Gasteiger partial charge in [-0.15, -0.1) is 0 Å². The molecule has 2 saturated heterocycles. The summed E-state index contributed by atoms with van der Waals surface area (Å²) in [7, 11) is 1.55. The van der Waals surface area contributed by atoms with Crippen LogP contribution >= 0.6 is 0 Å². The Balaban J connectivity index is 1.57. The number of benzene rings is 1. The Morgan fingerprint density at radius 1 is 1.18 bits per heavy atom. The van der Waals surface area contributed by atoms with E-state index in [0.29, 0.717) is 48.7 Å². The summed E-state index contributed by atoms with van der Waals surface area (Å²) in [6.45, 7) is 6.44. The summed E-state index contributed by atoms with van der Waals surface area (Å²) in [4.78, 5) is 28.4. The van der Waals surface area contributed by atoms with Gasteiger partial charge in [-0.05, 0) is 45.7 Å². The van der Waals surface area contributed by atoms with Crippen molar-refractivity contribution in [3.8, 4) is 11.5 Å². The van der Waals surface area contributed by atoms with Crippen LogP contribution in [-0.2, 0) is 19.6 Å². The first kappa shape index (κ1) is 21.2. The molecular weight excluding hydrogens is 430 g/mol. The largest absolute Gasteiger partial charge is 0.493 e. The van der Waals surface area contributed by atoms with Gasteiger partial charge >= 0.3 is 6.09 Å². The first-order chi connectivity index (χ1) is 15.6. The highest BCUT2D eigenvalue weighted by Crippen LogP contribution is 2.68. The SMILES string of the molecule is COc1ccc2c3c1O[C@H]1C4(CC[C@@]5(O)[C@@H](C2=O)N(C(=O)OC(C)(C)C)CC[C@]315)OCCO4. The van der Waals surface area contributed by atoms with E-state index in [1.807, 2.05) is 0 Å². The number of carbonyl (C=O) groups is 2. The van der Waals surface area contributed by atoms with E-state index in [2.05, 4.69) is 0 Å². The molecule has 3 fully saturated rings. The van der Waals surface area contributed by atoms with Gasteiger partial charge in [0.2, 0.25) is 5.79 Å². The maximum absolute atomic E-state index is 13.9. The fourth-order valence-corrected chi connectivity index (χ4v) is 6.79. The molecule has 0 aromatic heterocycles. The molecule has 1 N–H and O–H groups in total. The van der Waals surface area contributed by atoms with Crippen LogP contribution in [0.4, 0.5) is 4.79 Å². The third-order valence-electron chi connectivity index (χ3n) is 7.93. The van der Waals surface area contributed by atoms with Crippen molar-refractivity contribution in [1.29, 1.82) is 0 Å². The van der Waals surface area contributed by atoms with Crippen molar-refractivity contribution < 1.29 is 38.4 Å². The van der Waals surface area contributed by atoms with Crippen molar-refractivity contribution in [1.82, 2.24) is 4.90 Å². The normalized spacial score (nSPS) is 35.3. The van der Waals surface area contributed by atoms with Crippen molar-refractivity contribution >= 4 is 11.9 Å². The first-order valence-electron chi connectivity index (χ1n) is 11.5. The lowest BCUT2D eigenvalue weighted by atomic mass is 9.48. The van der Waals surface area contributed by atoms with Crippen LogP contribution in [0.15, 0.2) is 12.1 Å². The van der Waals surface area contributed by atoms with Gasteiger partial charge < -0.3 is 28.8 Å². The lowest BCUT2D eigenvalue weighted by molar-refractivity contribution is -0.290. The minimum absolute atomic E-state index is 0.221. The molecule has 2 bridgehead atoms. The van der Waals surface area contributed by atoms with Crippen molar-refractivity contribution in [3.05, 3.63) is 23.3 Å². The Hall–Kier alpha value is -2.36. The van der Waals surface area contributed by atoms with Gasteiger partial charge in [-0.25, -0.2) is 4.79 Å². The molecule has 9 nitrogen and oxygen atoms in total. The van der Waals surface area contributed by atoms with Crippen molar-refractivity contribution in [2.24, 2.45) is 0 Å². The molecule has 3 aliphatic heterocycles. The third-order valence-corrected chi connectivity index (χ3v) is 7.93. The molecule has 4 atom stereocenters. The van der Waals surface area contributed by atoms with Gasteiger partial charge in [0.15, 0.2) is 23.4 Å². The Kier molecular flexibility index (Phi) is 4.11. The number of carbonyl (C=O) groups excluding carboxylic acids is 2. The number of methoxy groups -OCH3 is 1. The molecule has 1 saturated carbocycles. The van der Waals surface area contributed by atoms with E-state index in [4.69, 9.17) is 23.7 Å². The lowest BCUT2D eigenvalue weighted by Gasteiger charge is -2.63. The standard InChI is InChI=1S/C24H29NO8/c1-21(2,3)33-20(27)25-10-9-22-15-13-5-6-14(29-4)17(15)32-19(22)24(30-11-12-31-24)8-7-23(22,28)18(25)16(13)26/h5-6,18-19,28H,7-12H2,1-4H3/t18-,19-,22+,23-/m1/s1. The smallest absolute Gasteiger partial charge is 0.411 e. The highest BCUT2D eigenvalue weighted by atomic mass is 16.8. The van der Waals surface area contributed by atoms with E-state index in [0.717, 1.165) is 0 Å². The molecule has 6 rings (SSSR count). The van der Waals surface area contributed by atoms with E-state index < -0.39 is 40.6 Å². The Morgan fingerprint density at radius 2 is 1.91 bits per heavy atom. The zero-order valence-corrected chi connectivity index (χ0v) is 19.3.